The number of aryl methyl sites for hydroxylation is 1. The number of hydrogen-bond donors (Lipinski definition) is 2. The quantitative estimate of drug-likeness (QED) is 0.828. The van der Waals surface area contributed by atoms with E-state index < -0.39 is 5.91 Å². The van der Waals surface area contributed by atoms with E-state index in [1.165, 1.54) is 6.20 Å². The summed E-state index contributed by atoms with van der Waals surface area (Å²) in [5.74, 6) is 0.562. The number of aromatic nitrogens is 3. The summed E-state index contributed by atoms with van der Waals surface area (Å²) in [6.07, 6.45) is 1.41. The summed E-state index contributed by atoms with van der Waals surface area (Å²) in [7, 11) is 0. The Labute approximate surface area is 106 Å². The first-order valence-electron chi connectivity index (χ1n) is 4.58. The summed E-state index contributed by atoms with van der Waals surface area (Å²) in [6, 6.07) is 1.57. The van der Waals surface area contributed by atoms with Crippen molar-refractivity contribution in [1.29, 1.82) is 0 Å². The first-order chi connectivity index (χ1) is 8.04. The summed E-state index contributed by atoms with van der Waals surface area (Å²) in [5.41, 5.74) is 5.13. The molecule has 6 nitrogen and oxygen atoms in total. The minimum absolute atomic E-state index is 0.340. The van der Waals surface area contributed by atoms with Crippen molar-refractivity contribution >= 4 is 39.8 Å². The summed E-state index contributed by atoms with van der Waals surface area (Å²) >= 11 is 6.94. The lowest BCUT2D eigenvalue weighted by atomic mass is 10.5. The number of primary amides is 1. The molecule has 0 spiro atoms. The van der Waals surface area contributed by atoms with Gasteiger partial charge in [0.15, 0.2) is 5.13 Å². The van der Waals surface area contributed by atoms with E-state index >= 15 is 0 Å². The zero-order valence-electron chi connectivity index (χ0n) is 8.77. The standard InChI is InChI=1S/C9H8ClN5OS/c1-4-13-6(10)2-7(14-4)15-9-12-3-5(17-9)8(11)16/h2-3H,1H3,(H2,11,16)(H,12,13,14,15). The highest BCUT2D eigenvalue weighted by molar-refractivity contribution is 7.17. The van der Waals surface area contributed by atoms with Crippen LogP contribution in [-0.2, 0) is 0 Å². The van der Waals surface area contributed by atoms with Gasteiger partial charge in [0.05, 0.1) is 6.20 Å². The van der Waals surface area contributed by atoms with Gasteiger partial charge in [0, 0.05) is 6.07 Å². The third-order valence-electron chi connectivity index (χ3n) is 1.79. The fraction of sp³-hybridized carbons (Fsp3) is 0.111. The molecule has 1 amide bonds. The Morgan fingerprint density at radius 3 is 2.88 bits per heavy atom. The number of rotatable bonds is 3. The number of nitrogens with one attached hydrogen (secondary N) is 1. The number of nitrogens with two attached hydrogens (primary N) is 1. The minimum Gasteiger partial charge on any atom is -0.365 e. The Bertz CT molecular complexity index is 550. The molecule has 0 fully saturated rings. The Hall–Kier alpha value is -1.73. The van der Waals surface area contributed by atoms with E-state index in [-0.39, 0.29) is 0 Å². The molecule has 0 aromatic carbocycles. The van der Waals surface area contributed by atoms with Gasteiger partial charge in [-0.3, -0.25) is 4.79 Å². The average Bonchev–Trinajstić information content (AvgIpc) is 2.64. The van der Waals surface area contributed by atoms with Crippen molar-refractivity contribution in [3.8, 4) is 0 Å². The second-order valence-corrected chi connectivity index (χ2v) is 4.56. The third kappa shape index (κ3) is 2.89. The first kappa shape index (κ1) is 11.7. The van der Waals surface area contributed by atoms with Gasteiger partial charge in [-0.25, -0.2) is 15.0 Å². The number of hydrogen-bond acceptors (Lipinski definition) is 6. The average molecular weight is 270 g/mol. The van der Waals surface area contributed by atoms with Gasteiger partial charge >= 0.3 is 0 Å². The predicted molar refractivity (Wildman–Crippen MR) is 65.7 cm³/mol. The molecule has 2 aromatic heterocycles. The lowest BCUT2D eigenvalue weighted by Gasteiger charge is -2.02. The molecule has 0 aliphatic carbocycles. The highest BCUT2D eigenvalue weighted by Gasteiger charge is 2.08. The number of carbonyl (C=O) groups excluding carboxylic acids is 1. The molecule has 0 aliphatic heterocycles. The molecule has 88 valence electrons. The third-order valence-corrected chi connectivity index (χ3v) is 2.91. The maximum Gasteiger partial charge on any atom is 0.260 e. The van der Waals surface area contributed by atoms with Gasteiger partial charge in [-0.15, -0.1) is 0 Å². The van der Waals surface area contributed by atoms with E-state index in [1.54, 1.807) is 13.0 Å². The summed E-state index contributed by atoms with van der Waals surface area (Å²) in [6.45, 7) is 1.73. The van der Waals surface area contributed by atoms with Gasteiger partial charge in [-0.05, 0) is 6.92 Å². The highest BCUT2D eigenvalue weighted by atomic mass is 35.5. The van der Waals surface area contributed by atoms with Crippen LogP contribution in [0.5, 0.6) is 0 Å². The molecular formula is C9H8ClN5OS. The molecule has 0 saturated heterocycles. The lowest BCUT2D eigenvalue weighted by Crippen LogP contribution is -2.08. The highest BCUT2D eigenvalue weighted by Crippen LogP contribution is 2.22. The van der Waals surface area contributed by atoms with E-state index in [4.69, 9.17) is 17.3 Å². The van der Waals surface area contributed by atoms with Crippen molar-refractivity contribution in [1.82, 2.24) is 15.0 Å². The molecule has 17 heavy (non-hydrogen) atoms. The Balaban J connectivity index is 2.22. The first-order valence-corrected chi connectivity index (χ1v) is 5.78. The van der Waals surface area contributed by atoms with Crippen LogP contribution in [0.2, 0.25) is 5.15 Å². The predicted octanol–water partition coefficient (Wildman–Crippen LogP) is 1.74. The SMILES string of the molecule is Cc1nc(Cl)cc(Nc2ncc(C(N)=O)s2)n1. The summed E-state index contributed by atoms with van der Waals surface area (Å²) < 4.78 is 0. The van der Waals surface area contributed by atoms with E-state index in [0.29, 0.717) is 26.8 Å². The monoisotopic (exact) mass is 269 g/mol. The molecule has 8 heteroatoms. The zero-order valence-corrected chi connectivity index (χ0v) is 10.3. The number of thiazole rings is 1. The fourth-order valence-corrected chi connectivity index (χ4v) is 2.05. The molecule has 2 rings (SSSR count). The van der Waals surface area contributed by atoms with Gasteiger partial charge in [-0.2, -0.15) is 0 Å². The maximum atomic E-state index is 10.9. The minimum atomic E-state index is -0.507. The Kier molecular flexibility index (Phi) is 3.21. The van der Waals surface area contributed by atoms with Crippen LogP contribution in [-0.4, -0.2) is 20.9 Å². The molecule has 0 bridgehead atoms. The van der Waals surface area contributed by atoms with Gasteiger partial charge in [-0.1, -0.05) is 22.9 Å². The molecule has 0 aliphatic rings. The molecule has 0 atom stereocenters. The van der Waals surface area contributed by atoms with Crippen LogP contribution in [0, 0.1) is 6.92 Å². The Morgan fingerprint density at radius 2 is 2.29 bits per heavy atom. The lowest BCUT2D eigenvalue weighted by molar-refractivity contribution is 0.100. The van der Waals surface area contributed by atoms with Crippen LogP contribution in [0.3, 0.4) is 0 Å². The molecule has 0 unspecified atom stereocenters. The van der Waals surface area contributed by atoms with Crippen molar-refractivity contribution < 1.29 is 4.79 Å². The zero-order chi connectivity index (χ0) is 12.4. The van der Waals surface area contributed by atoms with E-state index in [1.807, 2.05) is 0 Å². The summed E-state index contributed by atoms with van der Waals surface area (Å²) in [5, 5.41) is 3.79. The van der Waals surface area contributed by atoms with Crippen LogP contribution in [0.1, 0.15) is 15.5 Å². The van der Waals surface area contributed by atoms with Crippen LogP contribution in [0.15, 0.2) is 12.3 Å². The number of carbonyl (C=O) groups is 1. The largest absolute Gasteiger partial charge is 0.365 e. The van der Waals surface area contributed by atoms with Crippen LogP contribution in [0.4, 0.5) is 10.9 Å². The second kappa shape index (κ2) is 4.64. The Morgan fingerprint density at radius 1 is 1.53 bits per heavy atom. The van der Waals surface area contributed by atoms with Gasteiger partial charge in [0.1, 0.15) is 21.7 Å². The normalized spacial score (nSPS) is 10.2. The smallest absolute Gasteiger partial charge is 0.260 e. The number of nitrogens with zero attached hydrogens (tertiary/aromatic N) is 3. The van der Waals surface area contributed by atoms with Gasteiger partial charge < -0.3 is 11.1 Å². The van der Waals surface area contributed by atoms with Gasteiger partial charge in [0.2, 0.25) is 0 Å². The van der Waals surface area contributed by atoms with Crippen molar-refractivity contribution in [2.24, 2.45) is 5.73 Å². The van der Waals surface area contributed by atoms with Crippen LogP contribution in [0.25, 0.3) is 0 Å². The van der Waals surface area contributed by atoms with Gasteiger partial charge in [0.25, 0.3) is 5.91 Å². The molecule has 2 heterocycles. The van der Waals surface area contributed by atoms with Crippen molar-refractivity contribution in [2.75, 3.05) is 5.32 Å². The number of halogens is 1. The summed E-state index contributed by atoms with van der Waals surface area (Å²) in [4.78, 5) is 23.3. The molecular weight excluding hydrogens is 262 g/mol. The van der Waals surface area contributed by atoms with Crippen LogP contribution >= 0.6 is 22.9 Å². The van der Waals surface area contributed by atoms with Crippen molar-refractivity contribution in [3.63, 3.8) is 0 Å². The van der Waals surface area contributed by atoms with E-state index in [2.05, 4.69) is 20.3 Å². The molecule has 3 N–H and O–H groups in total. The molecule has 2 aromatic rings. The maximum absolute atomic E-state index is 10.9. The van der Waals surface area contributed by atoms with E-state index in [9.17, 15) is 4.79 Å². The van der Waals surface area contributed by atoms with Crippen LogP contribution < -0.4 is 11.1 Å². The van der Waals surface area contributed by atoms with Crippen molar-refractivity contribution in [2.45, 2.75) is 6.92 Å². The number of anilines is 2. The topological polar surface area (TPSA) is 93.8 Å². The molecule has 0 radical (unpaired) electrons. The van der Waals surface area contributed by atoms with Crippen molar-refractivity contribution in [3.05, 3.63) is 28.1 Å². The van der Waals surface area contributed by atoms with E-state index in [0.717, 1.165) is 11.3 Å². The second-order valence-electron chi connectivity index (χ2n) is 3.14. The fourth-order valence-electron chi connectivity index (χ4n) is 1.15. The molecule has 0 saturated carbocycles. The number of amides is 1.